The van der Waals surface area contributed by atoms with Crippen LogP contribution in [0.1, 0.15) is 58.2 Å². The fourth-order valence-corrected chi connectivity index (χ4v) is 5.44. The molecule has 0 N–H and O–H groups in total. The Morgan fingerprint density at radius 3 is 1.87 bits per heavy atom. The summed E-state index contributed by atoms with van der Waals surface area (Å²) < 4.78 is 13.3. The van der Waals surface area contributed by atoms with Gasteiger partial charge >= 0.3 is 8.38 Å². The van der Waals surface area contributed by atoms with Crippen LogP contribution in [0.3, 0.4) is 0 Å². The van der Waals surface area contributed by atoms with Gasteiger partial charge in [0.2, 0.25) is 0 Å². The molecule has 156 valence electrons. The highest BCUT2D eigenvalue weighted by Gasteiger charge is 2.34. The number of benzene rings is 3. The van der Waals surface area contributed by atoms with Crippen molar-refractivity contribution < 1.29 is 9.05 Å². The van der Waals surface area contributed by atoms with Crippen molar-refractivity contribution in [2.24, 2.45) is 0 Å². The van der Waals surface area contributed by atoms with Gasteiger partial charge in [-0.25, -0.2) is 0 Å². The number of hydrogen-bond donors (Lipinski definition) is 0. The number of para-hydroxylation sites is 1. The number of fused-ring (bicyclic) bond motifs is 3. The van der Waals surface area contributed by atoms with E-state index in [1.54, 1.807) is 0 Å². The summed E-state index contributed by atoms with van der Waals surface area (Å²) in [4.78, 5) is 0. The normalized spacial score (nSPS) is 15.8. The molecule has 4 rings (SSSR count). The second-order valence-electron chi connectivity index (χ2n) is 10.1. The van der Waals surface area contributed by atoms with E-state index in [0.29, 0.717) is 0 Å². The maximum atomic E-state index is 6.85. The fraction of sp³-hybridized carbons (Fsp3) is 0.333. The lowest BCUT2D eigenvalue weighted by Gasteiger charge is -2.33. The molecule has 0 aliphatic carbocycles. The molecule has 0 saturated heterocycles. The first-order valence-corrected chi connectivity index (χ1v) is 11.7. The van der Waals surface area contributed by atoms with E-state index in [1.165, 1.54) is 22.3 Å². The van der Waals surface area contributed by atoms with Crippen molar-refractivity contribution in [1.82, 2.24) is 0 Å². The zero-order chi connectivity index (χ0) is 21.7. The molecule has 30 heavy (non-hydrogen) atoms. The van der Waals surface area contributed by atoms with Crippen molar-refractivity contribution in [2.45, 2.75) is 59.3 Å². The molecule has 2 nitrogen and oxygen atoms in total. The molecule has 0 spiro atoms. The van der Waals surface area contributed by atoms with Gasteiger partial charge < -0.3 is 9.05 Å². The van der Waals surface area contributed by atoms with Gasteiger partial charge in [0.15, 0.2) is 0 Å². The van der Waals surface area contributed by atoms with E-state index in [0.717, 1.165) is 22.4 Å². The lowest BCUT2D eigenvalue weighted by molar-refractivity contribution is 0.461. The van der Waals surface area contributed by atoms with E-state index < -0.39 is 8.38 Å². The molecule has 0 radical (unpaired) electrons. The maximum absolute atomic E-state index is 6.85. The zero-order valence-electron chi connectivity index (χ0n) is 19.0. The molecule has 1 heterocycles. The summed E-state index contributed by atoms with van der Waals surface area (Å²) >= 11 is 0. The Kier molecular flexibility index (Phi) is 5.19. The van der Waals surface area contributed by atoms with Crippen LogP contribution in [-0.2, 0) is 10.8 Å². The smallest absolute Gasteiger partial charge is 0.326 e. The Morgan fingerprint density at radius 1 is 0.733 bits per heavy atom. The molecule has 1 atom stereocenters. The van der Waals surface area contributed by atoms with Crippen LogP contribution in [-0.4, -0.2) is 0 Å². The van der Waals surface area contributed by atoms with Gasteiger partial charge in [-0.15, -0.1) is 0 Å². The molecule has 1 aliphatic rings. The number of hydrogen-bond acceptors (Lipinski definition) is 2. The van der Waals surface area contributed by atoms with Gasteiger partial charge in [-0.3, -0.25) is 0 Å². The van der Waals surface area contributed by atoms with Gasteiger partial charge in [0.05, 0.1) is 5.30 Å². The van der Waals surface area contributed by atoms with Crippen LogP contribution in [0.5, 0.6) is 11.5 Å². The Morgan fingerprint density at radius 2 is 1.27 bits per heavy atom. The largest absolute Gasteiger partial charge is 0.435 e. The van der Waals surface area contributed by atoms with Crippen molar-refractivity contribution in [3.8, 4) is 22.6 Å². The first kappa shape index (κ1) is 20.9. The van der Waals surface area contributed by atoms with Gasteiger partial charge in [-0.05, 0) is 35.4 Å². The fourth-order valence-electron chi connectivity index (χ4n) is 3.90. The predicted molar refractivity (Wildman–Crippen MR) is 128 cm³/mol. The lowest BCUT2D eigenvalue weighted by Crippen LogP contribution is -2.22. The third kappa shape index (κ3) is 3.86. The minimum absolute atomic E-state index is 0.0378. The van der Waals surface area contributed by atoms with Crippen molar-refractivity contribution in [3.05, 3.63) is 77.4 Å². The Hall–Kier alpha value is -2.31. The topological polar surface area (TPSA) is 18.5 Å². The molecule has 0 bridgehead atoms. The van der Waals surface area contributed by atoms with Crippen molar-refractivity contribution in [3.63, 3.8) is 0 Å². The van der Waals surface area contributed by atoms with Crippen LogP contribution in [0.25, 0.3) is 11.1 Å². The first-order valence-electron chi connectivity index (χ1n) is 10.6. The quantitative estimate of drug-likeness (QED) is 0.398. The standard InChI is InChI=1S/C27H31O2P/c1-18-16-21(26(2,3)4)25(22(17-18)27(5,6)7)29-30-24-15-11-9-13-20(24)19-12-8-10-14-23(19)28-30/h8-17H,1-7H3. The summed E-state index contributed by atoms with van der Waals surface area (Å²) in [7, 11) is -1.29. The van der Waals surface area contributed by atoms with E-state index in [1.807, 2.05) is 12.1 Å². The van der Waals surface area contributed by atoms with Crippen molar-refractivity contribution in [1.29, 1.82) is 0 Å². The molecule has 3 aromatic carbocycles. The molecule has 1 aliphatic heterocycles. The highest BCUT2D eigenvalue weighted by molar-refractivity contribution is 7.57. The summed E-state index contributed by atoms with van der Waals surface area (Å²) in [5.74, 6) is 1.87. The number of aryl methyl sites for hydroxylation is 1. The van der Waals surface area contributed by atoms with E-state index in [4.69, 9.17) is 9.05 Å². The molecule has 0 fully saturated rings. The van der Waals surface area contributed by atoms with Crippen LogP contribution >= 0.6 is 8.38 Å². The van der Waals surface area contributed by atoms with Gasteiger partial charge in [-0.2, -0.15) is 0 Å². The Balaban J connectivity index is 1.88. The average molecular weight is 419 g/mol. The third-order valence-electron chi connectivity index (χ3n) is 5.48. The second-order valence-corrected chi connectivity index (χ2v) is 11.5. The summed E-state index contributed by atoms with van der Waals surface area (Å²) in [6.45, 7) is 15.7. The Labute approximate surface area is 182 Å². The van der Waals surface area contributed by atoms with Crippen LogP contribution in [0, 0.1) is 6.92 Å². The monoisotopic (exact) mass is 418 g/mol. The van der Waals surface area contributed by atoms with E-state index >= 15 is 0 Å². The average Bonchev–Trinajstić information content (AvgIpc) is 2.67. The number of rotatable bonds is 2. The molecular formula is C27H31O2P. The lowest BCUT2D eigenvalue weighted by atomic mass is 9.78. The van der Waals surface area contributed by atoms with Crippen LogP contribution in [0.4, 0.5) is 0 Å². The SMILES string of the molecule is Cc1cc(C(C)(C)C)c(OP2Oc3ccccc3-c3ccccc32)c(C(C)(C)C)c1. The minimum atomic E-state index is -1.29. The van der Waals surface area contributed by atoms with Crippen LogP contribution in [0.2, 0.25) is 0 Å². The summed E-state index contributed by atoms with van der Waals surface area (Å²) in [6.07, 6.45) is 0. The Bertz CT molecular complexity index is 1050. The molecule has 0 amide bonds. The molecule has 3 aromatic rings. The van der Waals surface area contributed by atoms with E-state index in [9.17, 15) is 0 Å². The van der Waals surface area contributed by atoms with Gasteiger partial charge in [0.1, 0.15) is 11.5 Å². The third-order valence-corrected chi connectivity index (χ3v) is 6.98. The molecule has 0 saturated carbocycles. The second kappa shape index (κ2) is 7.43. The van der Waals surface area contributed by atoms with Gasteiger partial charge in [0, 0.05) is 16.7 Å². The summed E-state index contributed by atoms with van der Waals surface area (Å²) in [5.41, 5.74) is 5.98. The highest BCUT2D eigenvalue weighted by atomic mass is 31.2. The molecule has 3 heteroatoms. The predicted octanol–water partition coefficient (Wildman–Crippen LogP) is 7.67. The first-order chi connectivity index (χ1) is 14.1. The maximum Gasteiger partial charge on any atom is 0.326 e. The summed E-state index contributed by atoms with van der Waals surface area (Å²) in [6, 6.07) is 21.2. The van der Waals surface area contributed by atoms with Crippen LogP contribution < -0.4 is 14.4 Å². The highest BCUT2D eigenvalue weighted by Crippen LogP contribution is 2.52. The van der Waals surface area contributed by atoms with Crippen molar-refractivity contribution in [2.75, 3.05) is 0 Å². The van der Waals surface area contributed by atoms with Crippen molar-refractivity contribution >= 4 is 13.7 Å². The minimum Gasteiger partial charge on any atom is -0.435 e. The van der Waals surface area contributed by atoms with E-state index in [-0.39, 0.29) is 10.8 Å². The van der Waals surface area contributed by atoms with Gasteiger partial charge in [-0.1, -0.05) is 95.6 Å². The summed E-state index contributed by atoms with van der Waals surface area (Å²) in [5, 5.41) is 1.13. The molecular weight excluding hydrogens is 387 g/mol. The van der Waals surface area contributed by atoms with Gasteiger partial charge in [0.25, 0.3) is 0 Å². The van der Waals surface area contributed by atoms with E-state index in [2.05, 4.69) is 97.0 Å². The molecule has 0 aromatic heterocycles. The molecule has 1 unspecified atom stereocenters. The van der Waals surface area contributed by atoms with Crippen LogP contribution in [0.15, 0.2) is 60.7 Å². The zero-order valence-corrected chi connectivity index (χ0v) is 19.9.